The minimum Gasteiger partial charge on any atom is -0.339 e. The summed E-state index contributed by atoms with van der Waals surface area (Å²) in [5, 5.41) is 0.257. The Morgan fingerprint density at radius 1 is 1.56 bits per heavy atom. The number of hydrogen-bond donors (Lipinski definition) is 0. The zero-order chi connectivity index (χ0) is 11.5. The lowest BCUT2D eigenvalue weighted by Crippen LogP contribution is -2.32. The van der Waals surface area contributed by atoms with Gasteiger partial charge in [0.25, 0.3) is 0 Å². The monoisotopic (exact) mass is 237 g/mol. The van der Waals surface area contributed by atoms with Gasteiger partial charge in [0, 0.05) is 26.2 Å². The summed E-state index contributed by atoms with van der Waals surface area (Å²) in [6.07, 6.45) is 4.47. The van der Waals surface area contributed by atoms with E-state index in [1.807, 2.05) is 12.1 Å². The summed E-state index contributed by atoms with van der Waals surface area (Å²) < 4.78 is 0. The fourth-order valence-electron chi connectivity index (χ4n) is 1.70. The van der Waals surface area contributed by atoms with Gasteiger partial charge in [-0.15, -0.1) is 0 Å². The van der Waals surface area contributed by atoms with E-state index in [1.54, 1.807) is 18.0 Å². The van der Waals surface area contributed by atoms with Crippen LogP contribution >= 0.6 is 11.6 Å². The zero-order valence-electron chi connectivity index (χ0n) is 8.98. The second-order valence-electron chi connectivity index (χ2n) is 3.66. The van der Waals surface area contributed by atoms with Crippen molar-refractivity contribution < 1.29 is 4.79 Å². The van der Waals surface area contributed by atoms with Crippen molar-refractivity contribution in [3.05, 3.63) is 29.3 Å². The molecule has 84 valence electrons. The molecule has 2 heterocycles. The lowest BCUT2D eigenvalue weighted by molar-refractivity contribution is -0.128. The number of halogens is 1. The summed E-state index contributed by atoms with van der Waals surface area (Å²) in [7, 11) is 0. The van der Waals surface area contributed by atoms with Gasteiger partial charge >= 0.3 is 0 Å². The van der Waals surface area contributed by atoms with Crippen LogP contribution in [0.15, 0.2) is 18.3 Å². The highest BCUT2D eigenvalue weighted by Gasteiger charge is 2.15. The molecule has 1 aliphatic heterocycles. The first kappa shape index (κ1) is 11.1. The molecule has 5 heteroatoms. The van der Waals surface area contributed by atoms with E-state index in [1.165, 1.54) is 0 Å². The van der Waals surface area contributed by atoms with E-state index < -0.39 is 0 Å². The Hall–Kier alpha value is -1.42. The molecule has 16 heavy (non-hydrogen) atoms. The highest BCUT2D eigenvalue weighted by Crippen LogP contribution is 2.21. The Morgan fingerprint density at radius 3 is 2.94 bits per heavy atom. The molecule has 0 atom stereocenters. The van der Waals surface area contributed by atoms with Crippen LogP contribution in [0.1, 0.15) is 19.0 Å². The Labute approximate surface area is 99.0 Å². The van der Waals surface area contributed by atoms with Crippen LogP contribution in [-0.4, -0.2) is 33.9 Å². The Morgan fingerprint density at radius 2 is 2.38 bits per heavy atom. The van der Waals surface area contributed by atoms with Crippen molar-refractivity contribution in [2.75, 3.05) is 13.1 Å². The maximum absolute atomic E-state index is 11.1. The van der Waals surface area contributed by atoms with E-state index in [-0.39, 0.29) is 11.2 Å². The van der Waals surface area contributed by atoms with Crippen molar-refractivity contribution in [3.63, 3.8) is 0 Å². The summed E-state index contributed by atoms with van der Waals surface area (Å²) in [5.74, 6) is 0.107. The number of amides is 1. The topological polar surface area (TPSA) is 46.1 Å². The average molecular weight is 238 g/mol. The summed E-state index contributed by atoms with van der Waals surface area (Å²) >= 11 is 5.73. The predicted octanol–water partition coefficient (Wildman–Crippen LogP) is 1.77. The molecule has 0 radical (unpaired) electrons. The van der Waals surface area contributed by atoms with Crippen molar-refractivity contribution in [3.8, 4) is 0 Å². The van der Waals surface area contributed by atoms with Crippen LogP contribution in [0.2, 0.25) is 5.28 Å². The fraction of sp³-hybridized carbons (Fsp3) is 0.364. The molecule has 1 aliphatic rings. The first-order valence-corrected chi connectivity index (χ1v) is 5.48. The fourth-order valence-corrected chi connectivity index (χ4v) is 1.85. The molecule has 0 saturated carbocycles. The maximum atomic E-state index is 11.1. The van der Waals surface area contributed by atoms with Gasteiger partial charge in [-0.25, -0.2) is 9.97 Å². The molecule has 0 saturated heterocycles. The van der Waals surface area contributed by atoms with Crippen LogP contribution in [-0.2, 0) is 4.79 Å². The van der Waals surface area contributed by atoms with E-state index in [0.29, 0.717) is 6.54 Å². The minimum absolute atomic E-state index is 0.107. The van der Waals surface area contributed by atoms with Gasteiger partial charge in [0.1, 0.15) is 0 Å². The Bertz CT molecular complexity index is 445. The summed E-state index contributed by atoms with van der Waals surface area (Å²) in [4.78, 5) is 20.9. The van der Waals surface area contributed by atoms with Crippen LogP contribution in [0.25, 0.3) is 5.57 Å². The summed E-state index contributed by atoms with van der Waals surface area (Å²) in [5.41, 5.74) is 1.98. The largest absolute Gasteiger partial charge is 0.339 e. The van der Waals surface area contributed by atoms with E-state index in [4.69, 9.17) is 11.6 Å². The quantitative estimate of drug-likeness (QED) is 0.700. The van der Waals surface area contributed by atoms with Gasteiger partial charge in [0.05, 0.1) is 5.69 Å². The van der Waals surface area contributed by atoms with Crippen LogP contribution in [0.4, 0.5) is 0 Å². The molecule has 1 aromatic heterocycles. The third-order valence-electron chi connectivity index (χ3n) is 2.61. The third-order valence-corrected chi connectivity index (χ3v) is 2.79. The van der Waals surface area contributed by atoms with E-state index >= 15 is 0 Å². The lowest BCUT2D eigenvalue weighted by atomic mass is 10.0. The Balaban J connectivity index is 2.16. The number of nitrogens with zero attached hydrogens (tertiary/aromatic N) is 3. The summed E-state index contributed by atoms with van der Waals surface area (Å²) in [6.45, 7) is 2.97. The molecule has 0 aliphatic carbocycles. The number of hydrogen-bond acceptors (Lipinski definition) is 3. The number of carbonyl (C=O) groups is 1. The lowest BCUT2D eigenvalue weighted by Gasteiger charge is -2.24. The molecule has 0 fully saturated rings. The molecule has 0 aromatic carbocycles. The number of carbonyl (C=O) groups excluding carboxylic acids is 1. The van der Waals surface area contributed by atoms with Gasteiger partial charge < -0.3 is 4.90 Å². The van der Waals surface area contributed by atoms with Crippen molar-refractivity contribution in [2.24, 2.45) is 0 Å². The maximum Gasteiger partial charge on any atom is 0.222 e. The van der Waals surface area contributed by atoms with Gasteiger partial charge in [0.15, 0.2) is 0 Å². The molecular weight excluding hydrogens is 226 g/mol. The van der Waals surface area contributed by atoms with Crippen molar-refractivity contribution >= 4 is 23.1 Å². The first-order chi connectivity index (χ1) is 7.66. The molecule has 2 rings (SSSR count). The SMILES string of the molecule is CC(=O)N1CC=C(c2ccnc(Cl)n2)CC1. The smallest absolute Gasteiger partial charge is 0.222 e. The molecule has 0 bridgehead atoms. The molecule has 0 spiro atoms. The normalized spacial score (nSPS) is 15.9. The molecular formula is C11H12ClN3O. The second kappa shape index (κ2) is 4.61. The second-order valence-corrected chi connectivity index (χ2v) is 3.99. The number of aromatic nitrogens is 2. The molecule has 1 aromatic rings. The van der Waals surface area contributed by atoms with Crippen molar-refractivity contribution in [1.29, 1.82) is 0 Å². The van der Waals surface area contributed by atoms with Gasteiger partial charge in [-0.05, 0) is 29.7 Å². The van der Waals surface area contributed by atoms with Crippen LogP contribution in [0.3, 0.4) is 0 Å². The van der Waals surface area contributed by atoms with Crippen LogP contribution in [0, 0.1) is 0 Å². The van der Waals surface area contributed by atoms with Gasteiger partial charge in [-0.2, -0.15) is 0 Å². The van der Waals surface area contributed by atoms with Gasteiger partial charge in [0.2, 0.25) is 11.2 Å². The summed E-state index contributed by atoms with van der Waals surface area (Å²) in [6, 6.07) is 1.83. The van der Waals surface area contributed by atoms with E-state index in [0.717, 1.165) is 24.2 Å². The highest BCUT2D eigenvalue weighted by atomic mass is 35.5. The van der Waals surface area contributed by atoms with Gasteiger partial charge in [-0.3, -0.25) is 4.79 Å². The van der Waals surface area contributed by atoms with Crippen LogP contribution < -0.4 is 0 Å². The third kappa shape index (κ3) is 2.39. The number of rotatable bonds is 1. The van der Waals surface area contributed by atoms with Crippen LogP contribution in [0.5, 0.6) is 0 Å². The average Bonchev–Trinajstić information content (AvgIpc) is 2.29. The zero-order valence-corrected chi connectivity index (χ0v) is 9.74. The molecule has 1 amide bonds. The predicted molar refractivity (Wildman–Crippen MR) is 61.9 cm³/mol. The van der Waals surface area contributed by atoms with Crippen molar-refractivity contribution in [2.45, 2.75) is 13.3 Å². The van der Waals surface area contributed by atoms with Gasteiger partial charge in [-0.1, -0.05) is 6.08 Å². The first-order valence-electron chi connectivity index (χ1n) is 5.10. The van der Waals surface area contributed by atoms with E-state index in [2.05, 4.69) is 9.97 Å². The van der Waals surface area contributed by atoms with Crippen molar-refractivity contribution in [1.82, 2.24) is 14.9 Å². The standard InChI is InChI=1S/C11H12ClN3O/c1-8(16)15-6-3-9(4-7-15)10-2-5-13-11(12)14-10/h2-3,5H,4,6-7H2,1H3. The molecule has 4 nitrogen and oxygen atoms in total. The molecule has 0 unspecified atom stereocenters. The molecule has 0 N–H and O–H groups in total. The minimum atomic E-state index is 0.107. The Kier molecular flexibility index (Phi) is 3.19. The van der Waals surface area contributed by atoms with E-state index in [9.17, 15) is 4.79 Å². The highest BCUT2D eigenvalue weighted by molar-refractivity contribution is 6.28.